The van der Waals surface area contributed by atoms with Crippen molar-refractivity contribution in [3.8, 4) is 11.5 Å². The Kier molecular flexibility index (Phi) is 5.09. The summed E-state index contributed by atoms with van der Waals surface area (Å²) >= 11 is 3.36. The molecule has 0 atom stereocenters. The smallest absolute Gasteiger partial charge is 0.316 e. The molecule has 0 fully saturated rings. The van der Waals surface area contributed by atoms with Crippen LogP contribution in [0.5, 0.6) is 0 Å². The molecule has 0 bridgehead atoms. The number of hydrogen-bond acceptors (Lipinski definition) is 7. The Morgan fingerprint density at radius 2 is 1.90 bits per heavy atom. The number of fused-ring (bicyclic) bond motifs is 1. The molecule has 2 aromatic carbocycles. The van der Waals surface area contributed by atoms with Gasteiger partial charge in [0.2, 0.25) is 5.89 Å². The van der Waals surface area contributed by atoms with Gasteiger partial charge in [-0.25, -0.2) is 9.66 Å². The number of carbonyl (C=O) groups excluding carboxylic acids is 1. The third-order valence-electron chi connectivity index (χ3n) is 4.10. The second kappa shape index (κ2) is 7.84. The quantitative estimate of drug-likeness (QED) is 0.476. The molecule has 146 valence electrons. The first kappa shape index (κ1) is 18.8. The summed E-state index contributed by atoms with van der Waals surface area (Å²) in [6.45, 7) is 1.48. The second-order valence-electron chi connectivity index (χ2n) is 6.12. The first-order chi connectivity index (χ1) is 14.0. The summed E-state index contributed by atoms with van der Waals surface area (Å²) in [6, 6.07) is 14.4. The topological polar surface area (TPSA) is 115 Å². The molecule has 0 spiro atoms. The third kappa shape index (κ3) is 4.02. The summed E-state index contributed by atoms with van der Waals surface area (Å²) in [4.78, 5) is 29.2. The van der Waals surface area contributed by atoms with Crippen LogP contribution in [0.3, 0.4) is 0 Å². The molecule has 4 rings (SSSR count). The van der Waals surface area contributed by atoms with Gasteiger partial charge in [-0.15, -0.1) is 5.10 Å². The number of hydrogen-bond donors (Lipinski definition) is 2. The SMILES string of the molecule is Cc1nc2ccccc2c(=O)n1NC(=O)CNc1nnc(-c2ccc(Br)cc2)o1. The van der Waals surface area contributed by atoms with Gasteiger partial charge < -0.3 is 9.73 Å². The number of rotatable bonds is 5. The number of nitrogens with zero attached hydrogens (tertiary/aromatic N) is 4. The van der Waals surface area contributed by atoms with E-state index in [1.54, 1.807) is 31.2 Å². The van der Waals surface area contributed by atoms with Gasteiger partial charge in [-0.05, 0) is 43.3 Å². The average Bonchev–Trinajstić information content (AvgIpc) is 3.19. The van der Waals surface area contributed by atoms with E-state index >= 15 is 0 Å². The van der Waals surface area contributed by atoms with Gasteiger partial charge in [-0.3, -0.25) is 15.0 Å². The first-order valence-corrected chi connectivity index (χ1v) is 9.42. The van der Waals surface area contributed by atoms with E-state index in [4.69, 9.17) is 4.42 Å². The van der Waals surface area contributed by atoms with Crippen LogP contribution in [0.15, 0.2) is 62.2 Å². The van der Waals surface area contributed by atoms with Gasteiger partial charge >= 0.3 is 6.01 Å². The van der Waals surface area contributed by atoms with Gasteiger partial charge in [0.25, 0.3) is 11.5 Å². The van der Waals surface area contributed by atoms with Crippen molar-refractivity contribution in [3.05, 3.63) is 69.2 Å². The van der Waals surface area contributed by atoms with E-state index in [2.05, 4.69) is 41.9 Å². The number of amides is 1. The molecular formula is C19H15BrN6O3. The van der Waals surface area contributed by atoms with Crippen LogP contribution in [0.2, 0.25) is 0 Å². The highest BCUT2D eigenvalue weighted by Crippen LogP contribution is 2.21. The van der Waals surface area contributed by atoms with Crippen LogP contribution >= 0.6 is 15.9 Å². The maximum atomic E-state index is 12.6. The molecular weight excluding hydrogens is 440 g/mol. The summed E-state index contributed by atoms with van der Waals surface area (Å²) in [7, 11) is 0. The summed E-state index contributed by atoms with van der Waals surface area (Å²) < 4.78 is 7.56. The molecule has 4 aromatic rings. The number of nitrogens with one attached hydrogen (secondary N) is 2. The highest BCUT2D eigenvalue weighted by atomic mass is 79.9. The molecule has 2 aromatic heterocycles. The summed E-state index contributed by atoms with van der Waals surface area (Å²) in [6.07, 6.45) is 0. The Bertz CT molecular complexity index is 1250. The lowest BCUT2D eigenvalue weighted by atomic mass is 10.2. The maximum absolute atomic E-state index is 12.6. The molecule has 2 N–H and O–H groups in total. The monoisotopic (exact) mass is 454 g/mol. The van der Waals surface area contributed by atoms with E-state index in [-0.39, 0.29) is 18.1 Å². The van der Waals surface area contributed by atoms with E-state index in [1.165, 1.54) is 0 Å². The number of aromatic nitrogens is 4. The molecule has 0 saturated carbocycles. The van der Waals surface area contributed by atoms with E-state index < -0.39 is 5.91 Å². The van der Waals surface area contributed by atoms with Crippen LogP contribution in [0.25, 0.3) is 22.4 Å². The van der Waals surface area contributed by atoms with Crippen LogP contribution in [0.1, 0.15) is 5.82 Å². The number of carbonyl (C=O) groups is 1. The lowest BCUT2D eigenvalue weighted by Gasteiger charge is -2.11. The minimum Gasteiger partial charge on any atom is -0.403 e. The van der Waals surface area contributed by atoms with Gasteiger partial charge in [-0.1, -0.05) is 33.2 Å². The standard InChI is InChI=1S/C19H15BrN6O3/c1-11-22-15-5-3-2-4-14(15)18(28)26(11)25-16(27)10-21-19-24-23-17(29-19)12-6-8-13(20)9-7-12/h2-9H,10H2,1H3,(H,21,24)(H,25,27). The third-order valence-corrected chi connectivity index (χ3v) is 4.62. The van der Waals surface area contributed by atoms with Gasteiger partial charge in [0.1, 0.15) is 12.4 Å². The van der Waals surface area contributed by atoms with Crippen molar-refractivity contribution in [3.63, 3.8) is 0 Å². The van der Waals surface area contributed by atoms with Crippen molar-refractivity contribution in [2.45, 2.75) is 6.92 Å². The zero-order chi connectivity index (χ0) is 20.4. The molecule has 0 aliphatic rings. The fourth-order valence-electron chi connectivity index (χ4n) is 2.70. The molecule has 9 nitrogen and oxygen atoms in total. The lowest BCUT2D eigenvalue weighted by molar-refractivity contribution is -0.115. The number of para-hydroxylation sites is 1. The molecule has 10 heteroatoms. The minimum absolute atomic E-state index is 0.0961. The molecule has 0 aliphatic heterocycles. The van der Waals surface area contributed by atoms with Gasteiger partial charge in [0.15, 0.2) is 0 Å². The first-order valence-electron chi connectivity index (χ1n) is 8.63. The highest BCUT2D eigenvalue weighted by Gasteiger charge is 2.12. The van der Waals surface area contributed by atoms with E-state index in [9.17, 15) is 9.59 Å². The van der Waals surface area contributed by atoms with Crippen molar-refractivity contribution in [2.24, 2.45) is 0 Å². The van der Waals surface area contributed by atoms with Crippen molar-refractivity contribution in [2.75, 3.05) is 17.3 Å². The maximum Gasteiger partial charge on any atom is 0.316 e. The molecule has 2 heterocycles. The highest BCUT2D eigenvalue weighted by molar-refractivity contribution is 9.10. The predicted molar refractivity (Wildman–Crippen MR) is 111 cm³/mol. The molecule has 1 amide bonds. The van der Waals surface area contributed by atoms with Crippen molar-refractivity contribution in [1.82, 2.24) is 19.9 Å². The lowest BCUT2D eigenvalue weighted by Crippen LogP contribution is -2.38. The zero-order valence-corrected chi connectivity index (χ0v) is 16.8. The Hall–Kier alpha value is -3.53. The molecule has 0 aliphatic carbocycles. The minimum atomic E-state index is -0.462. The summed E-state index contributed by atoms with van der Waals surface area (Å²) in [5, 5.41) is 11.0. The zero-order valence-electron chi connectivity index (χ0n) is 15.2. The van der Waals surface area contributed by atoms with Crippen molar-refractivity contribution < 1.29 is 9.21 Å². The molecule has 0 saturated heterocycles. The van der Waals surface area contributed by atoms with E-state index in [0.717, 1.165) is 14.7 Å². The van der Waals surface area contributed by atoms with Gasteiger partial charge in [0, 0.05) is 10.0 Å². The van der Waals surface area contributed by atoms with E-state index in [0.29, 0.717) is 22.6 Å². The Balaban J connectivity index is 1.44. The van der Waals surface area contributed by atoms with Crippen LogP contribution in [0.4, 0.5) is 6.01 Å². The normalized spacial score (nSPS) is 10.8. The summed E-state index contributed by atoms with van der Waals surface area (Å²) in [5.74, 6) is 0.235. The second-order valence-corrected chi connectivity index (χ2v) is 7.04. The predicted octanol–water partition coefficient (Wildman–Crippen LogP) is 2.70. The van der Waals surface area contributed by atoms with Crippen LogP contribution in [-0.4, -0.2) is 32.3 Å². The van der Waals surface area contributed by atoms with Gasteiger partial charge in [-0.2, -0.15) is 0 Å². The Morgan fingerprint density at radius 1 is 1.14 bits per heavy atom. The number of halogens is 1. The van der Waals surface area contributed by atoms with E-state index in [1.807, 2.05) is 24.3 Å². The van der Waals surface area contributed by atoms with Crippen LogP contribution < -0.4 is 16.3 Å². The number of benzene rings is 2. The average molecular weight is 455 g/mol. The summed E-state index contributed by atoms with van der Waals surface area (Å²) in [5.41, 5.74) is 3.51. The van der Waals surface area contributed by atoms with Crippen LogP contribution in [0, 0.1) is 6.92 Å². The molecule has 29 heavy (non-hydrogen) atoms. The Morgan fingerprint density at radius 3 is 2.69 bits per heavy atom. The number of aryl methyl sites for hydroxylation is 1. The van der Waals surface area contributed by atoms with Crippen molar-refractivity contribution in [1.29, 1.82) is 0 Å². The Labute approximate surface area is 172 Å². The largest absolute Gasteiger partial charge is 0.403 e. The van der Waals surface area contributed by atoms with Crippen molar-refractivity contribution >= 4 is 38.8 Å². The molecule has 0 unspecified atom stereocenters. The number of anilines is 1. The molecule has 0 radical (unpaired) electrons. The van der Waals surface area contributed by atoms with Gasteiger partial charge in [0.05, 0.1) is 10.9 Å². The fraction of sp³-hybridized carbons (Fsp3) is 0.105. The fourth-order valence-corrected chi connectivity index (χ4v) is 2.96. The van der Waals surface area contributed by atoms with Crippen LogP contribution in [-0.2, 0) is 4.79 Å².